The minimum Gasteiger partial charge on any atom is -0.478 e. The van der Waals surface area contributed by atoms with Gasteiger partial charge in [0.2, 0.25) is 0 Å². The lowest BCUT2D eigenvalue weighted by atomic mass is 10.1. The van der Waals surface area contributed by atoms with E-state index in [0.29, 0.717) is 16.6 Å². The van der Waals surface area contributed by atoms with Crippen LogP contribution in [-0.2, 0) is 0 Å². The van der Waals surface area contributed by atoms with E-state index in [4.69, 9.17) is 0 Å². The summed E-state index contributed by atoms with van der Waals surface area (Å²) in [7, 11) is 0. The molecule has 2 heterocycles. The molecule has 0 aliphatic carbocycles. The van der Waals surface area contributed by atoms with Crippen molar-refractivity contribution in [2.24, 2.45) is 0 Å². The van der Waals surface area contributed by atoms with Gasteiger partial charge in [0, 0.05) is 16.3 Å². The molecule has 0 atom stereocenters. The molecule has 0 saturated carbocycles. The van der Waals surface area contributed by atoms with Gasteiger partial charge in [-0.25, -0.2) is 14.2 Å². The number of halogens is 1. The number of aromatic nitrogens is 1. The zero-order valence-electron chi connectivity index (χ0n) is 10.6. The maximum absolute atomic E-state index is 13.3. The zero-order chi connectivity index (χ0) is 14.3. The average Bonchev–Trinajstić information content (AvgIpc) is 2.83. The van der Waals surface area contributed by atoms with Crippen molar-refractivity contribution in [3.8, 4) is 10.6 Å². The fourth-order valence-electron chi connectivity index (χ4n) is 2.08. The SMILES string of the molecule is Cc1ccc(-c2cc(C(=O)O)c3ccc(F)cc3n2)s1. The highest BCUT2D eigenvalue weighted by atomic mass is 32.1. The fraction of sp³-hybridized carbons (Fsp3) is 0.0667. The predicted molar refractivity (Wildman–Crippen MR) is 76.7 cm³/mol. The van der Waals surface area contributed by atoms with Crippen molar-refractivity contribution >= 4 is 28.2 Å². The molecule has 1 aromatic carbocycles. The molecule has 2 aromatic heterocycles. The number of fused-ring (bicyclic) bond motifs is 1. The van der Waals surface area contributed by atoms with E-state index in [1.807, 2.05) is 19.1 Å². The van der Waals surface area contributed by atoms with Crippen molar-refractivity contribution in [1.82, 2.24) is 4.98 Å². The number of thiophene rings is 1. The lowest BCUT2D eigenvalue weighted by Gasteiger charge is -2.05. The lowest BCUT2D eigenvalue weighted by molar-refractivity contribution is 0.0699. The minimum atomic E-state index is -1.04. The molecule has 0 spiro atoms. The average molecular weight is 287 g/mol. The molecule has 0 amide bonds. The number of nitrogens with zero attached hydrogens (tertiary/aromatic N) is 1. The summed E-state index contributed by atoms with van der Waals surface area (Å²) < 4.78 is 13.3. The van der Waals surface area contributed by atoms with Crippen LogP contribution < -0.4 is 0 Å². The quantitative estimate of drug-likeness (QED) is 0.771. The third-order valence-corrected chi connectivity index (χ3v) is 4.02. The molecule has 20 heavy (non-hydrogen) atoms. The number of carbonyl (C=O) groups is 1. The minimum absolute atomic E-state index is 0.135. The lowest BCUT2D eigenvalue weighted by Crippen LogP contribution is -2.00. The molecule has 0 aliphatic rings. The van der Waals surface area contributed by atoms with Crippen LogP contribution in [0.5, 0.6) is 0 Å². The van der Waals surface area contributed by atoms with Gasteiger partial charge in [-0.15, -0.1) is 11.3 Å². The van der Waals surface area contributed by atoms with Gasteiger partial charge in [0.15, 0.2) is 0 Å². The van der Waals surface area contributed by atoms with Crippen LogP contribution in [0.15, 0.2) is 36.4 Å². The van der Waals surface area contributed by atoms with Crippen LogP contribution in [-0.4, -0.2) is 16.1 Å². The Balaban J connectivity index is 2.32. The van der Waals surface area contributed by atoms with Gasteiger partial charge < -0.3 is 5.11 Å². The summed E-state index contributed by atoms with van der Waals surface area (Å²) in [5.74, 6) is -1.47. The smallest absolute Gasteiger partial charge is 0.336 e. The number of benzene rings is 1. The van der Waals surface area contributed by atoms with E-state index in [1.165, 1.54) is 35.6 Å². The molecule has 0 radical (unpaired) electrons. The van der Waals surface area contributed by atoms with E-state index in [-0.39, 0.29) is 5.56 Å². The fourth-order valence-corrected chi connectivity index (χ4v) is 2.91. The maximum Gasteiger partial charge on any atom is 0.336 e. The Kier molecular flexibility index (Phi) is 2.99. The Bertz CT molecular complexity index is 826. The molecule has 0 unspecified atom stereocenters. The van der Waals surface area contributed by atoms with E-state index >= 15 is 0 Å². The Morgan fingerprint density at radius 2 is 2.05 bits per heavy atom. The van der Waals surface area contributed by atoms with Gasteiger partial charge in [-0.1, -0.05) is 0 Å². The van der Waals surface area contributed by atoms with Crippen molar-refractivity contribution in [1.29, 1.82) is 0 Å². The van der Waals surface area contributed by atoms with Crippen LogP contribution in [0.4, 0.5) is 4.39 Å². The van der Waals surface area contributed by atoms with Crippen LogP contribution in [0.2, 0.25) is 0 Å². The third kappa shape index (κ3) is 2.16. The first-order valence-corrected chi connectivity index (χ1v) is 6.76. The largest absolute Gasteiger partial charge is 0.478 e. The zero-order valence-corrected chi connectivity index (χ0v) is 11.4. The second-order valence-corrected chi connectivity index (χ2v) is 5.72. The standard InChI is InChI=1S/C15H10FNO2S/c1-8-2-5-14(20-8)13-7-11(15(18)19)10-4-3-9(16)6-12(10)17-13/h2-7H,1H3,(H,18,19). The number of aromatic carboxylic acids is 1. The second kappa shape index (κ2) is 4.68. The Morgan fingerprint density at radius 3 is 2.70 bits per heavy atom. The molecular weight excluding hydrogens is 277 g/mol. The van der Waals surface area contributed by atoms with Crippen LogP contribution in [0.1, 0.15) is 15.2 Å². The highest BCUT2D eigenvalue weighted by Crippen LogP contribution is 2.30. The van der Waals surface area contributed by atoms with Gasteiger partial charge in [0.25, 0.3) is 0 Å². The summed E-state index contributed by atoms with van der Waals surface area (Å²) in [4.78, 5) is 17.7. The number of carboxylic acids is 1. The summed E-state index contributed by atoms with van der Waals surface area (Å²) in [6.07, 6.45) is 0. The highest BCUT2D eigenvalue weighted by molar-refractivity contribution is 7.15. The van der Waals surface area contributed by atoms with E-state index in [9.17, 15) is 14.3 Å². The first kappa shape index (κ1) is 12.7. The Hall–Kier alpha value is -2.27. The normalized spacial score (nSPS) is 10.9. The Labute approximate surface area is 118 Å². The number of rotatable bonds is 2. The number of aryl methyl sites for hydroxylation is 1. The predicted octanol–water partition coefficient (Wildman–Crippen LogP) is 4.11. The van der Waals surface area contributed by atoms with Crippen molar-refractivity contribution < 1.29 is 14.3 Å². The van der Waals surface area contributed by atoms with Gasteiger partial charge in [-0.05, 0) is 37.3 Å². The summed E-state index contributed by atoms with van der Waals surface area (Å²) in [6.45, 7) is 1.97. The summed E-state index contributed by atoms with van der Waals surface area (Å²) in [5, 5.41) is 9.75. The van der Waals surface area contributed by atoms with Crippen molar-refractivity contribution in [2.45, 2.75) is 6.92 Å². The molecule has 3 aromatic rings. The first-order chi connectivity index (χ1) is 9.54. The summed E-state index contributed by atoms with van der Waals surface area (Å²) in [6, 6.07) is 9.31. The van der Waals surface area contributed by atoms with Gasteiger partial charge >= 0.3 is 5.97 Å². The van der Waals surface area contributed by atoms with Gasteiger partial charge in [-0.2, -0.15) is 0 Å². The summed E-state index contributed by atoms with van der Waals surface area (Å²) in [5.41, 5.74) is 1.04. The van der Waals surface area contributed by atoms with Crippen molar-refractivity contribution in [3.05, 3.63) is 52.7 Å². The third-order valence-electron chi connectivity index (χ3n) is 3.00. The molecule has 3 nitrogen and oxygen atoms in total. The van der Waals surface area contributed by atoms with Crippen LogP contribution in [0, 0.1) is 12.7 Å². The van der Waals surface area contributed by atoms with E-state index in [2.05, 4.69) is 4.98 Å². The van der Waals surface area contributed by atoms with Gasteiger partial charge in [0.1, 0.15) is 5.82 Å². The monoisotopic (exact) mass is 287 g/mol. The maximum atomic E-state index is 13.3. The summed E-state index contributed by atoms with van der Waals surface area (Å²) >= 11 is 1.52. The molecule has 0 aliphatic heterocycles. The number of hydrogen-bond donors (Lipinski definition) is 1. The highest BCUT2D eigenvalue weighted by Gasteiger charge is 2.14. The van der Waals surface area contributed by atoms with Crippen LogP contribution >= 0.6 is 11.3 Å². The van der Waals surface area contributed by atoms with Crippen molar-refractivity contribution in [2.75, 3.05) is 0 Å². The van der Waals surface area contributed by atoms with Crippen molar-refractivity contribution in [3.63, 3.8) is 0 Å². The molecule has 1 N–H and O–H groups in total. The molecular formula is C15H10FNO2S. The molecule has 100 valence electrons. The Morgan fingerprint density at radius 1 is 1.25 bits per heavy atom. The van der Waals surface area contributed by atoms with E-state index < -0.39 is 11.8 Å². The number of hydrogen-bond acceptors (Lipinski definition) is 3. The number of pyridine rings is 1. The second-order valence-electron chi connectivity index (χ2n) is 4.43. The topological polar surface area (TPSA) is 50.2 Å². The molecule has 0 bridgehead atoms. The van der Waals surface area contributed by atoms with E-state index in [0.717, 1.165) is 9.75 Å². The molecule has 0 fully saturated rings. The number of carboxylic acid groups (broad SMARTS) is 1. The molecule has 3 rings (SSSR count). The first-order valence-electron chi connectivity index (χ1n) is 5.95. The van der Waals surface area contributed by atoms with Gasteiger partial charge in [0.05, 0.1) is 21.7 Å². The molecule has 0 saturated heterocycles. The van der Waals surface area contributed by atoms with Crippen LogP contribution in [0.3, 0.4) is 0 Å². The molecule has 5 heteroatoms. The van der Waals surface area contributed by atoms with Gasteiger partial charge in [-0.3, -0.25) is 0 Å². The van der Waals surface area contributed by atoms with E-state index in [1.54, 1.807) is 0 Å². The van der Waals surface area contributed by atoms with Crippen LogP contribution in [0.25, 0.3) is 21.5 Å².